The lowest BCUT2D eigenvalue weighted by Gasteiger charge is -2.35. The SMILES string of the molecule is CCC(O)CCNC(=O)C1(COC)CCNCC1. The highest BCUT2D eigenvalue weighted by Crippen LogP contribution is 2.29. The highest BCUT2D eigenvalue weighted by atomic mass is 16.5. The molecule has 1 fully saturated rings. The molecule has 1 rings (SSSR count). The third kappa shape index (κ3) is 4.23. The van der Waals surface area contributed by atoms with Crippen molar-refractivity contribution in [3.05, 3.63) is 0 Å². The summed E-state index contributed by atoms with van der Waals surface area (Å²) in [6.07, 6.45) is 2.63. The van der Waals surface area contributed by atoms with Crippen LogP contribution < -0.4 is 10.6 Å². The van der Waals surface area contributed by atoms with Crippen molar-refractivity contribution in [2.45, 2.75) is 38.7 Å². The molecule has 18 heavy (non-hydrogen) atoms. The lowest BCUT2D eigenvalue weighted by atomic mass is 9.78. The van der Waals surface area contributed by atoms with Crippen molar-refractivity contribution in [2.24, 2.45) is 5.41 Å². The number of hydrogen-bond acceptors (Lipinski definition) is 4. The minimum atomic E-state index is -0.392. The second-order valence-corrected chi connectivity index (χ2v) is 5.07. The fourth-order valence-corrected chi connectivity index (χ4v) is 2.36. The molecule has 0 radical (unpaired) electrons. The molecule has 106 valence electrons. The Bertz CT molecular complexity index is 247. The van der Waals surface area contributed by atoms with E-state index in [4.69, 9.17) is 4.74 Å². The molecule has 1 heterocycles. The van der Waals surface area contributed by atoms with Gasteiger partial charge in [-0.05, 0) is 38.8 Å². The van der Waals surface area contributed by atoms with Crippen LogP contribution in [0.2, 0.25) is 0 Å². The summed E-state index contributed by atoms with van der Waals surface area (Å²) in [5.41, 5.74) is -0.392. The smallest absolute Gasteiger partial charge is 0.228 e. The van der Waals surface area contributed by atoms with Crippen molar-refractivity contribution >= 4 is 5.91 Å². The number of rotatable bonds is 7. The Morgan fingerprint density at radius 2 is 2.17 bits per heavy atom. The summed E-state index contributed by atoms with van der Waals surface area (Å²) in [6, 6.07) is 0. The first-order chi connectivity index (χ1) is 8.64. The number of nitrogens with one attached hydrogen (secondary N) is 2. The van der Waals surface area contributed by atoms with Crippen molar-refractivity contribution in [3.8, 4) is 0 Å². The first-order valence-corrected chi connectivity index (χ1v) is 6.80. The van der Waals surface area contributed by atoms with Gasteiger partial charge in [0.1, 0.15) is 0 Å². The molecule has 3 N–H and O–H groups in total. The molecule has 0 bridgehead atoms. The fourth-order valence-electron chi connectivity index (χ4n) is 2.36. The van der Waals surface area contributed by atoms with Gasteiger partial charge in [0.15, 0.2) is 0 Å². The van der Waals surface area contributed by atoms with Crippen LogP contribution in [0.3, 0.4) is 0 Å². The third-order valence-corrected chi connectivity index (χ3v) is 3.70. The molecule has 1 amide bonds. The highest BCUT2D eigenvalue weighted by molar-refractivity contribution is 5.82. The number of carbonyl (C=O) groups is 1. The molecule has 1 saturated heterocycles. The maximum atomic E-state index is 12.3. The predicted octanol–water partition coefficient (Wildman–Crippen LogP) is 0.280. The summed E-state index contributed by atoms with van der Waals surface area (Å²) in [5, 5.41) is 15.7. The molecule has 0 aromatic heterocycles. The molecular weight excluding hydrogens is 232 g/mol. The molecule has 1 aliphatic rings. The maximum absolute atomic E-state index is 12.3. The summed E-state index contributed by atoms with van der Waals surface area (Å²) in [6.45, 7) is 4.65. The van der Waals surface area contributed by atoms with E-state index >= 15 is 0 Å². The van der Waals surface area contributed by atoms with E-state index in [1.54, 1.807) is 7.11 Å². The highest BCUT2D eigenvalue weighted by Gasteiger charge is 2.39. The molecule has 0 aromatic rings. The molecule has 1 atom stereocenters. The molecule has 1 aliphatic heterocycles. The molecule has 0 aromatic carbocycles. The summed E-state index contributed by atoms with van der Waals surface area (Å²) in [4.78, 5) is 12.3. The Hall–Kier alpha value is -0.650. The second-order valence-electron chi connectivity index (χ2n) is 5.07. The van der Waals surface area contributed by atoms with Gasteiger partial charge in [0.2, 0.25) is 5.91 Å². The van der Waals surface area contributed by atoms with Crippen molar-refractivity contribution in [2.75, 3.05) is 33.4 Å². The monoisotopic (exact) mass is 258 g/mol. The average Bonchev–Trinajstić information content (AvgIpc) is 2.39. The van der Waals surface area contributed by atoms with Crippen LogP contribution >= 0.6 is 0 Å². The van der Waals surface area contributed by atoms with E-state index in [1.165, 1.54) is 0 Å². The lowest BCUT2D eigenvalue weighted by molar-refractivity contribution is -0.136. The Morgan fingerprint density at radius 1 is 1.50 bits per heavy atom. The van der Waals surface area contributed by atoms with Crippen LogP contribution in [0, 0.1) is 5.41 Å². The van der Waals surface area contributed by atoms with Crippen LogP contribution in [0.25, 0.3) is 0 Å². The van der Waals surface area contributed by atoms with Gasteiger partial charge in [-0.1, -0.05) is 6.92 Å². The van der Waals surface area contributed by atoms with Crippen molar-refractivity contribution in [3.63, 3.8) is 0 Å². The number of ether oxygens (including phenoxy) is 1. The van der Waals surface area contributed by atoms with E-state index in [0.29, 0.717) is 19.6 Å². The summed E-state index contributed by atoms with van der Waals surface area (Å²) in [7, 11) is 1.64. The Labute approximate surface area is 109 Å². The maximum Gasteiger partial charge on any atom is 0.228 e. The van der Waals surface area contributed by atoms with Gasteiger partial charge >= 0.3 is 0 Å². The van der Waals surface area contributed by atoms with Gasteiger partial charge in [-0.15, -0.1) is 0 Å². The first kappa shape index (κ1) is 15.4. The number of amides is 1. The van der Waals surface area contributed by atoms with Crippen molar-refractivity contribution in [1.82, 2.24) is 10.6 Å². The largest absolute Gasteiger partial charge is 0.393 e. The Kier molecular flexibility index (Phi) is 6.60. The van der Waals surface area contributed by atoms with E-state index in [1.807, 2.05) is 6.92 Å². The molecule has 0 aliphatic carbocycles. The van der Waals surface area contributed by atoms with E-state index in [-0.39, 0.29) is 12.0 Å². The molecule has 5 nitrogen and oxygen atoms in total. The van der Waals surface area contributed by atoms with Gasteiger partial charge in [-0.3, -0.25) is 4.79 Å². The number of aliphatic hydroxyl groups is 1. The van der Waals surface area contributed by atoms with Crippen LogP contribution in [0.4, 0.5) is 0 Å². The van der Waals surface area contributed by atoms with Crippen LogP contribution in [-0.2, 0) is 9.53 Å². The number of carbonyl (C=O) groups excluding carboxylic acids is 1. The number of methoxy groups -OCH3 is 1. The van der Waals surface area contributed by atoms with Gasteiger partial charge in [0.05, 0.1) is 18.1 Å². The summed E-state index contributed by atoms with van der Waals surface area (Å²) < 4.78 is 5.22. The minimum Gasteiger partial charge on any atom is -0.393 e. The van der Waals surface area contributed by atoms with Crippen LogP contribution in [0.1, 0.15) is 32.6 Å². The van der Waals surface area contributed by atoms with Crippen LogP contribution in [0.15, 0.2) is 0 Å². The summed E-state index contributed by atoms with van der Waals surface area (Å²) >= 11 is 0. The van der Waals surface area contributed by atoms with E-state index in [2.05, 4.69) is 10.6 Å². The van der Waals surface area contributed by atoms with Gasteiger partial charge in [0.25, 0.3) is 0 Å². The zero-order valence-electron chi connectivity index (χ0n) is 11.5. The number of hydrogen-bond donors (Lipinski definition) is 3. The van der Waals surface area contributed by atoms with Gasteiger partial charge in [-0.2, -0.15) is 0 Å². The van der Waals surface area contributed by atoms with Crippen LogP contribution in [-0.4, -0.2) is 50.5 Å². The first-order valence-electron chi connectivity index (χ1n) is 6.80. The van der Waals surface area contributed by atoms with E-state index in [9.17, 15) is 9.90 Å². The topological polar surface area (TPSA) is 70.6 Å². The standard InChI is InChI=1S/C13H26N2O3/c1-3-11(16)4-7-15-12(17)13(10-18-2)5-8-14-9-6-13/h11,14,16H,3-10H2,1-2H3,(H,15,17). The molecule has 0 saturated carbocycles. The van der Waals surface area contributed by atoms with Crippen molar-refractivity contribution in [1.29, 1.82) is 0 Å². The Morgan fingerprint density at radius 3 is 2.72 bits per heavy atom. The van der Waals surface area contributed by atoms with E-state index in [0.717, 1.165) is 32.4 Å². The normalized spacial score (nSPS) is 20.4. The predicted molar refractivity (Wildman–Crippen MR) is 70.3 cm³/mol. The summed E-state index contributed by atoms with van der Waals surface area (Å²) in [5.74, 6) is 0.0640. The van der Waals surface area contributed by atoms with Crippen molar-refractivity contribution < 1.29 is 14.6 Å². The average molecular weight is 258 g/mol. The lowest BCUT2D eigenvalue weighted by Crippen LogP contribution is -2.50. The second kappa shape index (κ2) is 7.71. The van der Waals surface area contributed by atoms with Gasteiger partial charge < -0.3 is 20.5 Å². The van der Waals surface area contributed by atoms with Crippen LogP contribution in [0.5, 0.6) is 0 Å². The fraction of sp³-hybridized carbons (Fsp3) is 0.923. The van der Waals surface area contributed by atoms with Gasteiger partial charge in [0, 0.05) is 13.7 Å². The third-order valence-electron chi connectivity index (χ3n) is 3.70. The van der Waals surface area contributed by atoms with E-state index < -0.39 is 5.41 Å². The molecule has 0 spiro atoms. The molecule has 5 heteroatoms. The Balaban J connectivity index is 2.44. The zero-order valence-corrected chi connectivity index (χ0v) is 11.5. The zero-order chi connectivity index (χ0) is 13.4. The molecule has 1 unspecified atom stereocenters. The quantitative estimate of drug-likeness (QED) is 0.613. The minimum absolute atomic E-state index is 0.0640. The number of piperidine rings is 1. The molecular formula is C13H26N2O3. The van der Waals surface area contributed by atoms with Gasteiger partial charge in [-0.25, -0.2) is 0 Å². The number of aliphatic hydroxyl groups excluding tert-OH is 1.